The minimum Gasteiger partial charge on any atom is -0.371 e. The van der Waals surface area contributed by atoms with Gasteiger partial charge in [-0.1, -0.05) is 27.7 Å². The van der Waals surface area contributed by atoms with Crippen LogP contribution in [0.4, 0.5) is 0 Å². The summed E-state index contributed by atoms with van der Waals surface area (Å²) in [6.45, 7) is 9.95. The number of aromatic nitrogens is 1. The first-order valence-electron chi connectivity index (χ1n) is 7.61. The van der Waals surface area contributed by atoms with Crippen LogP contribution in [0, 0.1) is 5.41 Å². The average Bonchev–Trinajstić information content (AvgIpc) is 2.86. The molecule has 0 aromatic carbocycles. The normalized spacial score (nSPS) is 21.3. The van der Waals surface area contributed by atoms with Crippen molar-refractivity contribution in [3.63, 3.8) is 0 Å². The Bertz CT molecular complexity index is 429. The average molecular weight is 296 g/mol. The fourth-order valence-corrected chi connectivity index (χ4v) is 3.83. The molecule has 1 aromatic rings. The Morgan fingerprint density at radius 3 is 2.50 bits per heavy atom. The Kier molecular flexibility index (Phi) is 4.88. The molecular weight excluding hydrogens is 268 g/mol. The largest absolute Gasteiger partial charge is 0.371 e. The first-order chi connectivity index (χ1) is 9.37. The lowest BCUT2D eigenvalue weighted by Crippen LogP contribution is -2.36. The van der Waals surface area contributed by atoms with Crippen LogP contribution in [-0.2, 0) is 16.9 Å². The molecule has 0 atom stereocenters. The van der Waals surface area contributed by atoms with E-state index in [2.05, 4.69) is 38.0 Å². The van der Waals surface area contributed by atoms with Gasteiger partial charge in [0.2, 0.25) is 0 Å². The number of thiazole rings is 1. The molecule has 0 spiro atoms. The van der Waals surface area contributed by atoms with E-state index < -0.39 is 0 Å². The molecule has 3 nitrogen and oxygen atoms in total. The van der Waals surface area contributed by atoms with Crippen molar-refractivity contribution in [2.75, 3.05) is 7.11 Å². The summed E-state index contributed by atoms with van der Waals surface area (Å²) in [5.41, 5.74) is 0.303. The number of hydrogen-bond donors (Lipinski definition) is 1. The first kappa shape index (κ1) is 15.9. The SMILES string of the molecule is COC1(c2ncc(CNC(C)C)s2)CCC(C)(C)CC1. The Balaban J connectivity index is 2.08. The van der Waals surface area contributed by atoms with Crippen molar-refractivity contribution in [1.82, 2.24) is 10.3 Å². The summed E-state index contributed by atoms with van der Waals surface area (Å²) in [6, 6.07) is 0.507. The third-order valence-corrected chi connectivity index (χ3v) is 5.61. The van der Waals surface area contributed by atoms with Gasteiger partial charge in [-0.3, -0.25) is 0 Å². The van der Waals surface area contributed by atoms with Crippen molar-refractivity contribution in [3.8, 4) is 0 Å². The predicted octanol–water partition coefficient (Wildman–Crippen LogP) is 4.08. The van der Waals surface area contributed by atoms with Crippen LogP contribution < -0.4 is 5.32 Å². The van der Waals surface area contributed by atoms with Gasteiger partial charge in [0.1, 0.15) is 10.6 Å². The van der Waals surface area contributed by atoms with Crippen LogP contribution in [0.3, 0.4) is 0 Å². The van der Waals surface area contributed by atoms with E-state index in [1.807, 2.05) is 13.3 Å². The maximum Gasteiger partial charge on any atom is 0.125 e. The number of methoxy groups -OCH3 is 1. The van der Waals surface area contributed by atoms with Gasteiger partial charge >= 0.3 is 0 Å². The predicted molar refractivity (Wildman–Crippen MR) is 85.0 cm³/mol. The Labute approximate surface area is 127 Å². The second-order valence-corrected chi connectivity index (χ2v) is 8.15. The second kappa shape index (κ2) is 6.12. The van der Waals surface area contributed by atoms with Gasteiger partial charge in [0.05, 0.1) is 0 Å². The van der Waals surface area contributed by atoms with Crippen LogP contribution in [0.15, 0.2) is 6.20 Å². The lowest BCUT2D eigenvalue weighted by atomic mass is 9.71. The van der Waals surface area contributed by atoms with Crippen molar-refractivity contribution < 1.29 is 4.74 Å². The van der Waals surface area contributed by atoms with Gasteiger partial charge in [-0.05, 0) is 31.1 Å². The summed E-state index contributed by atoms with van der Waals surface area (Å²) in [5, 5.41) is 4.61. The molecule has 1 fully saturated rings. The highest BCUT2D eigenvalue weighted by molar-refractivity contribution is 7.11. The fraction of sp³-hybridized carbons (Fsp3) is 0.812. The zero-order valence-electron chi connectivity index (χ0n) is 13.5. The lowest BCUT2D eigenvalue weighted by Gasteiger charge is -2.41. The van der Waals surface area contributed by atoms with E-state index in [0.717, 1.165) is 24.4 Å². The van der Waals surface area contributed by atoms with E-state index in [1.54, 1.807) is 11.3 Å². The third kappa shape index (κ3) is 3.60. The Hall–Kier alpha value is -0.450. The van der Waals surface area contributed by atoms with Crippen LogP contribution in [0.25, 0.3) is 0 Å². The molecule has 1 aromatic heterocycles. The summed E-state index contributed by atoms with van der Waals surface area (Å²) >= 11 is 1.81. The maximum absolute atomic E-state index is 5.92. The fourth-order valence-electron chi connectivity index (χ4n) is 2.74. The molecule has 1 heterocycles. The minimum atomic E-state index is -0.143. The molecule has 1 aliphatic carbocycles. The van der Waals surface area contributed by atoms with Crippen molar-refractivity contribution in [3.05, 3.63) is 16.1 Å². The molecule has 0 bridgehead atoms. The second-order valence-electron chi connectivity index (χ2n) is 7.03. The topological polar surface area (TPSA) is 34.1 Å². The van der Waals surface area contributed by atoms with Crippen molar-refractivity contribution in [1.29, 1.82) is 0 Å². The third-order valence-electron chi connectivity index (χ3n) is 4.43. The smallest absolute Gasteiger partial charge is 0.125 e. The van der Waals surface area contributed by atoms with Crippen LogP contribution in [0.2, 0.25) is 0 Å². The summed E-state index contributed by atoms with van der Waals surface area (Å²) in [6.07, 6.45) is 6.60. The van der Waals surface area contributed by atoms with Crippen LogP contribution in [-0.4, -0.2) is 18.1 Å². The summed E-state index contributed by atoms with van der Waals surface area (Å²) in [4.78, 5) is 5.96. The molecule has 2 rings (SSSR count). The minimum absolute atomic E-state index is 0.143. The lowest BCUT2D eigenvalue weighted by molar-refractivity contribution is -0.0667. The van der Waals surface area contributed by atoms with Gasteiger partial charge in [0.15, 0.2) is 0 Å². The van der Waals surface area contributed by atoms with Crippen LogP contribution in [0.1, 0.15) is 63.3 Å². The number of rotatable bonds is 5. The van der Waals surface area contributed by atoms with E-state index in [-0.39, 0.29) is 5.60 Å². The molecule has 0 unspecified atom stereocenters. The summed E-state index contributed by atoms with van der Waals surface area (Å²) in [7, 11) is 1.84. The molecule has 0 radical (unpaired) electrons. The zero-order valence-corrected chi connectivity index (χ0v) is 14.3. The zero-order chi connectivity index (χ0) is 14.8. The van der Waals surface area contributed by atoms with E-state index in [0.29, 0.717) is 11.5 Å². The molecule has 0 saturated heterocycles. The van der Waals surface area contributed by atoms with Gasteiger partial charge in [-0.25, -0.2) is 4.98 Å². The van der Waals surface area contributed by atoms with Crippen molar-refractivity contribution >= 4 is 11.3 Å². The summed E-state index contributed by atoms with van der Waals surface area (Å²) in [5.74, 6) is 0. The van der Waals surface area contributed by atoms with Crippen LogP contribution in [0.5, 0.6) is 0 Å². The van der Waals surface area contributed by atoms with E-state index in [9.17, 15) is 0 Å². The van der Waals surface area contributed by atoms with Crippen molar-refractivity contribution in [2.45, 2.75) is 71.6 Å². The van der Waals surface area contributed by atoms with Gasteiger partial charge in [0.25, 0.3) is 0 Å². The molecule has 0 aliphatic heterocycles. The number of ether oxygens (including phenoxy) is 1. The first-order valence-corrected chi connectivity index (χ1v) is 8.42. The highest BCUT2D eigenvalue weighted by Crippen LogP contribution is 2.47. The Morgan fingerprint density at radius 2 is 1.95 bits per heavy atom. The molecule has 20 heavy (non-hydrogen) atoms. The maximum atomic E-state index is 5.92. The highest BCUT2D eigenvalue weighted by atomic mass is 32.1. The monoisotopic (exact) mass is 296 g/mol. The van der Waals surface area contributed by atoms with Gasteiger partial charge in [-0.2, -0.15) is 0 Å². The van der Waals surface area contributed by atoms with E-state index in [1.165, 1.54) is 17.7 Å². The Morgan fingerprint density at radius 1 is 1.30 bits per heavy atom. The van der Waals surface area contributed by atoms with E-state index >= 15 is 0 Å². The highest BCUT2D eigenvalue weighted by Gasteiger charge is 2.41. The summed E-state index contributed by atoms with van der Waals surface area (Å²) < 4.78 is 5.92. The quantitative estimate of drug-likeness (QED) is 0.889. The number of nitrogens with one attached hydrogen (secondary N) is 1. The number of hydrogen-bond acceptors (Lipinski definition) is 4. The van der Waals surface area contributed by atoms with Crippen LogP contribution >= 0.6 is 11.3 Å². The van der Waals surface area contributed by atoms with Crippen molar-refractivity contribution in [2.24, 2.45) is 5.41 Å². The molecule has 114 valence electrons. The molecule has 1 aliphatic rings. The van der Waals surface area contributed by atoms with Gasteiger partial charge in [-0.15, -0.1) is 11.3 Å². The van der Waals surface area contributed by atoms with Gasteiger partial charge < -0.3 is 10.1 Å². The molecule has 4 heteroatoms. The molecule has 0 amide bonds. The molecular formula is C16H28N2OS. The molecule has 1 N–H and O–H groups in total. The van der Waals surface area contributed by atoms with E-state index in [4.69, 9.17) is 4.74 Å². The molecule has 1 saturated carbocycles. The van der Waals surface area contributed by atoms with Gasteiger partial charge in [0, 0.05) is 30.8 Å². The standard InChI is InChI=1S/C16H28N2OS/c1-12(2)17-10-13-11-18-14(20-13)16(19-5)8-6-15(3,4)7-9-16/h11-12,17H,6-10H2,1-5H3. The number of nitrogens with zero attached hydrogens (tertiary/aromatic N) is 1.